The molecule has 3 rings (SSSR count). The molecule has 544 valence electrons. The minimum Gasteiger partial charge on any atom is -0.481 e. The molecule has 1 aliphatic carbocycles. The molecule has 2 aromatic rings. The number of hydrogen-bond donors (Lipinski definition) is 11. The van der Waals surface area contributed by atoms with Crippen LogP contribution in [0.1, 0.15) is 87.9 Å². The first-order valence-electron chi connectivity index (χ1n) is 28.8. The number of esters is 5. The number of carbonyl (C=O) groups is 15. The second kappa shape index (κ2) is 49.2. The Hall–Kier alpha value is -12.4. The predicted octanol–water partition coefficient (Wildman–Crippen LogP) is 4.36. The number of nitro groups is 1. The van der Waals surface area contributed by atoms with Crippen molar-refractivity contribution in [2.45, 2.75) is 79.4 Å². The fourth-order valence-electron chi connectivity index (χ4n) is 6.09. The Morgan fingerprint density at radius 3 is 1.25 bits per heavy atom. The molecule has 2 aromatic carbocycles. The number of rotatable bonds is 31. The van der Waals surface area contributed by atoms with Crippen LogP contribution in [0.4, 0.5) is 29.7 Å². The Labute approximate surface area is 564 Å². The summed E-state index contributed by atoms with van der Waals surface area (Å²) >= 11 is 0. The summed E-state index contributed by atoms with van der Waals surface area (Å²) in [5.74, 6) is -9.31. The average Bonchev–Trinajstić information content (AvgIpc) is 0.844. The van der Waals surface area contributed by atoms with E-state index >= 15 is 0 Å². The molecule has 11 N–H and O–H groups in total. The molecular formula is C61H79N7O31. The van der Waals surface area contributed by atoms with E-state index in [2.05, 4.69) is 79.0 Å². The highest BCUT2D eigenvalue weighted by Gasteiger charge is 2.28. The maximum absolute atomic E-state index is 11.6. The van der Waals surface area contributed by atoms with Crippen LogP contribution in [0.25, 0.3) is 0 Å². The summed E-state index contributed by atoms with van der Waals surface area (Å²) in [5, 5.41) is 67.9. The van der Waals surface area contributed by atoms with Crippen molar-refractivity contribution < 1.29 is 145 Å². The summed E-state index contributed by atoms with van der Waals surface area (Å²) in [6, 6.07) is 7.96. The molecule has 0 saturated heterocycles. The summed E-state index contributed by atoms with van der Waals surface area (Å²) < 4.78 is 42.9. The van der Waals surface area contributed by atoms with Crippen molar-refractivity contribution in [3.05, 3.63) is 124 Å². The van der Waals surface area contributed by atoms with E-state index in [0.717, 1.165) is 18.2 Å². The number of nitro benzene ring substituents is 1. The Morgan fingerprint density at radius 2 is 0.889 bits per heavy atom. The van der Waals surface area contributed by atoms with Gasteiger partial charge in [0.05, 0.1) is 49.1 Å². The minimum atomic E-state index is -1.35. The molecule has 0 aromatic heterocycles. The van der Waals surface area contributed by atoms with E-state index < -0.39 is 119 Å². The molecule has 1 aliphatic rings. The summed E-state index contributed by atoms with van der Waals surface area (Å²) in [4.78, 5) is 174. The van der Waals surface area contributed by atoms with Gasteiger partial charge < -0.3 is 100 Å². The zero-order valence-electron chi connectivity index (χ0n) is 54.7. The first-order valence-corrected chi connectivity index (χ1v) is 28.8. The number of carboxylic acid groups (broad SMARTS) is 5. The van der Waals surface area contributed by atoms with Gasteiger partial charge in [0, 0.05) is 33.9 Å². The lowest BCUT2D eigenvalue weighted by Gasteiger charge is -2.25. The van der Waals surface area contributed by atoms with Gasteiger partial charge in [0.25, 0.3) is 0 Å². The predicted molar refractivity (Wildman–Crippen MR) is 339 cm³/mol. The average molecular weight is 1410 g/mol. The minimum absolute atomic E-state index is 0.00614. The zero-order chi connectivity index (χ0) is 75.9. The van der Waals surface area contributed by atoms with Gasteiger partial charge in [-0.2, -0.15) is 0 Å². The molecule has 1 unspecified atom stereocenters. The third-order valence-electron chi connectivity index (χ3n) is 11.0. The van der Waals surface area contributed by atoms with Crippen LogP contribution in [0, 0.1) is 16.0 Å². The van der Waals surface area contributed by atoms with Crippen molar-refractivity contribution in [2.24, 2.45) is 5.92 Å². The molecule has 99 heavy (non-hydrogen) atoms. The number of benzene rings is 2. The molecule has 0 bridgehead atoms. The summed E-state index contributed by atoms with van der Waals surface area (Å²) in [6.07, 6.45) is -2.67. The van der Waals surface area contributed by atoms with Gasteiger partial charge in [-0.15, -0.1) is 0 Å². The number of carbonyl (C=O) groups excluding carboxylic acids is 10. The summed E-state index contributed by atoms with van der Waals surface area (Å²) in [6.45, 7) is 25.3. The number of nitrogens with one attached hydrogen (secondary N) is 6. The third kappa shape index (κ3) is 43.3. The van der Waals surface area contributed by atoms with Crippen LogP contribution >= 0.6 is 0 Å². The lowest BCUT2D eigenvalue weighted by Crippen LogP contribution is -2.39. The van der Waals surface area contributed by atoms with Crippen LogP contribution in [0.5, 0.6) is 11.5 Å². The molecule has 38 nitrogen and oxygen atoms in total. The van der Waals surface area contributed by atoms with E-state index in [-0.39, 0.29) is 117 Å². The van der Waals surface area contributed by atoms with Gasteiger partial charge in [0.1, 0.15) is 57.0 Å². The largest absolute Gasteiger partial charge is 0.481 e. The monoisotopic (exact) mass is 1410 g/mol. The lowest BCUT2D eigenvalue weighted by molar-refractivity contribution is -0.385. The topological polar surface area (TPSA) is 556 Å². The quantitative estimate of drug-likeness (QED) is 0.0125. The molecule has 1 atom stereocenters. The number of nitrogens with zero attached hydrogens (tertiary/aromatic N) is 1. The zero-order valence-corrected chi connectivity index (χ0v) is 54.7. The lowest BCUT2D eigenvalue weighted by atomic mass is 9.87. The number of urea groups is 1. The number of hydrogen-bond acceptors (Lipinski definition) is 26. The van der Waals surface area contributed by atoms with Crippen LogP contribution in [0.15, 0.2) is 103 Å². The highest BCUT2D eigenvalue weighted by Crippen LogP contribution is 2.29. The first-order chi connectivity index (χ1) is 46.3. The van der Waals surface area contributed by atoms with Crippen molar-refractivity contribution in [3.8, 4) is 11.5 Å². The van der Waals surface area contributed by atoms with Crippen molar-refractivity contribution in [2.75, 3.05) is 72.3 Å². The number of aliphatic carboxylic acids is 3. The van der Waals surface area contributed by atoms with Crippen LogP contribution in [0.3, 0.4) is 0 Å². The molecule has 0 radical (unpaired) electrons. The summed E-state index contributed by atoms with van der Waals surface area (Å²) in [7, 11) is 0. The van der Waals surface area contributed by atoms with Gasteiger partial charge in [-0.3, -0.25) is 19.7 Å². The Balaban J connectivity index is 0. The Kier molecular flexibility index (Phi) is 44.0. The van der Waals surface area contributed by atoms with Gasteiger partial charge in [-0.25, -0.2) is 62.3 Å². The molecule has 1 fully saturated rings. The number of alkyl carbamates (subject to hydrolysis) is 2. The van der Waals surface area contributed by atoms with E-state index in [0.29, 0.717) is 31.3 Å². The van der Waals surface area contributed by atoms with Crippen molar-refractivity contribution >= 4 is 95.8 Å². The third-order valence-corrected chi connectivity index (χ3v) is 11.0. The number of ether oxygens (including phenoxy) is 9. The van der Waals surface area contributed by atoms with Crippen LogP contribution in [-0.2, 0) is 71.5 Å². The smallest absolute Gasteiger partial charge is 0.412 e. The van der Waals surface area contributed by atoms with Crippen molar-refractivity contribution in [3.63, 3.8) is 0 Å². The van der Waals surface area contributed by atoms with Gasteiger partial charge in [-0.1, -0.05) is 45.0 Å². The van der Waals surface area contributed by atoms with Gasteiger partial charge >= 0.3 is 95.8 Å². The first kappa shape index (κ1) is 88.6. The fraction of sp³-hybridized carbons (Fsp3) is 0.393. The molecule has 0 spiro atoms. The molecule has 0 aliphatic heterocycles. The van der Waals surface area contributed by atoms with E-state index in [1.54, 1.807) is 6.07 Å². The van der Waals surface area contributed by atoms with E-state index in [1.165, 1.54) is 59.7 Å². The highest BCUT2D eigenvalue weighted by atomic mass is 16.6. The molecule has 0 heterocycles. The molecular weight excluding hydrogens is 1330 g/mol. The second-order valence-corrected chi connectivity index (χ2v) is 19.7. The van der Waals surface area contributed by atoms with Gasteiger partial charge in [0.15, 0.2) is 6.10 Å². The number of amides is 6. The van der Waals surface area contributed by atoms with Gasteiger partial charge in [0.2, 0.25) is 5.75 Å². The Morgan fingerprint density at radius 1 is 0.505 bits per heavy atom. The van der Waals surface area contributed by atoms with Crippen LogP contribution in [-0.4, -0.2) is 205 Å². The molecule has 38 heteroatoms. The van der Waals surface area contributed by atoms with Crippen LogP contribution in [0.2, 0.25) is 0 Å². The number of aromatic carboxylic acids is 2. The number of para-hydroxylation sites is 1. The van der Waals surface area contributed by atoms with Crippen molar-refractivity contribution in [1.82, 2.24) is 31.9 Å². The maximum atomic E-state index is 11.6. The molecule has 1 saturated carbocycles. The van der Waals surface area contributed by atoms with Crippen LogP contribution < -0.4 is 41.4 Å². The van der Waals surface area contributed by atoms with E-state index in [9.17, 15) is 82.0 Å². The highest BCUT2D eigenvalue weighted by molar-refractivity contribution is 5.92. The van der Waals surface area contributed by atoms with Crippen molar-refractivity contribution in [1.29, 1.82) is 0 Å². The van der Waals surface area contributed by atoms with E-state index in [4.69, 9.17) is 54.0 Å². The second-order valence-electron chi connectivity index (χ2n) is 19.7. The SMILES string of the molecule is C=C(C)C(=O)OCCNC(=O)NCC(=O)O.C=C(C)C(=O)OCCNC(=O)OC(C)C(=O)O.C=C(C)C(=O)OCCNC(=O)OC1CCC(C(=O)O)CC1.C=C(C)C(=O)OCCNC(=O)Oc1ccc(C(=O)O)cc1[N+](=O)[O-].C=C(C)C(=O)OCCNC(=O)Oc1ccccc1C(=O)O. The Bertz CT molecular complexity index is 3260. The fourth-order valence-corrected chi connectivity index (χ4v) is 6.09. The standard InChI is InChI=1S/C14H14N2O8.C14H21NO6.C14H15NO6.C10H15NO6.C9H14N2O5/c1-8(2)13(19)23-6-5-15-14(20)24-11-4-3-9(12(17)18)7-10(11)16(21)22;1-9(2)13(18)20-8-7-15-14(19)21-11-5-3-10(4-6-11)12(16)17;1-9(2)13(18)20-8-7-15-14(19)21-11-6-4-3-5-10(11)12(16)17;1-6(2)9(14)16-5-4-11-10(15)17-7(3)8(12)13;1-6(2)8(14)16-4-3-10-9(15)11-5-7(12)13/h3-4,7H,1,5-6H2,2H3,(H,15,20)(H,17,18);10-11H,1,3-8H2,2H3,(H,15,19)(H,16,17);3-6H,1,7-8H2,2H3,(H,15,19)(H,16,17);7H,1,4-5H2,2-3H3,(H,11,15)(H,12,13);1,3-5H2,2H3,(H,12,13)(H2,10,11,15). The summed E-state index contributed by atoms with van der Waals surface area (Å²) in [5.41, 5.74) is 0.177. The number of carboxylic acids is 5. The molecule has 6 amide bonds. The van der Waals surface area contributed by atoms with Gasteiger partial charge in [-0.05, 0) is 91.5 Å². The maximum Gasteiger partial charge on any atom is 0.412 e. The normalized spacial score (nSPS) is 12.3. The van der Waals surface area contributed by atoms with E-state index in [1.807, 2.05) is 0 Å².